The van der Waals surface area contributed by atoms with Crippen LogP contribution in [0.3, 0.4) is 0 Å². The average molecular weight is 127 g/mol. The van der Waals surface area contributed by atoms with Gasteiger partial charge in [0.2, 0.25) is 0 Å². The van der Waals surface area contributed by atoms with Crippen LogP contribution in [0.5, 0.6) is 0 Å². The predicted molar refractivity (Wildman–Crippen MR) is 42.3 cm³/mol. The summed E-state index contributed by atoms with van der Waals surface area (Å²) in [5.41, 5.74) is 0. The molecule has 8 heavy (non-hydrogen) atoms. The summed E-state index contributed by atoms with van der Waals surface area (Å²) in [6, 6.07) is 0. The number of halogens is 1. The van der Waals surface area contributed by atoms with E-state index >= 15 is 0 Å². The van der Waals surface area contributed by atoms with Crippen LogP contribution in [-0.4, -0.2) is 24.5 Å². The Morgan fingerprint density at radius 1 is 1.00 bits per heavy atom. The van der Waals surface area contributed by atoms with E-state index in [1.165, 1.54) is 19.6 Å². The normalized spacial score (nSPS) is 9.00. The Kier molecular flexibility index (Phi) is 9.30. The Labute approximate surface area is 55.5 Å². The summed E-state index contributed by atoms with van der Waals surface area (Å²) in [4.78, 5) is 2.38. The van der Waals surface area contributed by atoms with Crippen LogP contribution in [0.25, 0.3) is 0 Å². The van der Waals surface area contributed by atoms with Crippen molar-refractivity contribution in [2.24, 2.45) is 0 Å². The van der Waals surface area contributed by atoms with E-state index < -0.39 is 0 Å². The van der Waals surface area contributed by atoms with Gasteiger partial charge in [-0.25, -0.2) is 0 Å². The van der Waals surface area contributed by atoms with Crippen molar-refractivity contribution in [3.63, 3.8) is 0 Å². The quantitative estimate of drug-likeness (QED) is 0.562. The second-order valence-corrected chi connectivity index (χ2v) is 1.62. The Morgan fingerprint density at radius 3 is 1.25 bits per heavy atom. The summed E-state index contributed by atoms with van der Waals surface area (Å²) in [6.07, 6.45) is 0. The number of nitrogens with zero attached hydrogens (tertiary/aromatic N) is 1. The molecule has 0 fully saturated rings. The van der Waals surface area contributed by atoms with Crippen molar-refractivity contribution in [2.45, 2.75) is 20.8 Å². The zero-order valence-electron chi connectivity index (χ0n) is 5.98. The molecule has 0 aliphatic rings. The molecule has 0 aromatic carbocycles. The van der Waals surface area contributed by atoms with E-state index in [4.69, 9.17) is 0 Å². The van der Waals surface area contributed by atoms with Crippen LogP contribution < -0.4 is 0 Å². The van der Waals surface area contributed by atoms with E-state index in [9.17, 15) is 0 Å². The highest BCUT2D eigenvalue weighted by atomic mass is 19.0. The van der Waals surface area contributed by atoms with Crippen LogP contribution in [-0.2, 0) is 0 Å². The first-order valence-electron chi connectivity index (χ1n) is 3.07. The van der Waals surface area contributed by atoms with Crippen LogP contribution in [0.4, 0.5) is 4.70 Å². The van der Waals surface area contributed by atoms with Gasteiger partial charge in [-0.1, -0.05) is 20.8 Å². The third kappa shape index (κ3) is 4.06. The van der Waals surface area contributed by atoms with Gasteiger partial charge in [0, 0.05) is 4.28 Å². The molecule has 0 aliphatic carbocycles. The van der Waals surface area contributed by atoms with E-state index in [1.54, 1.807) is 0 Å². The number of hydrogen-bond acceptors (Lipinski definition) is 1. The molecule has 0 aromatic rings. The first kappa shape index (κ1) is 10.8. The van der Waals surface area contributed by atoms with Crippen molar-refractivity contribution in [1.82, 2.24) is 4.90 Å². The maximum absolute atomic E-state index is 2.38. The second kappa shape index (κ2) is 6.89. The lowest BCUT2D eigenvalue weighted by Gasteiger charge is -2.13. The molecular formula is C6H22FN. The van der Waals surface area contributed by atoms with E-state index in [2.05, 4.69) is 25.7 Å². The Morgan fingerprint density at radius 2 is 1.25 bits per heavy atom. The number of hydrogen-bond donors (Lipinski definition) is 0. The van der Waals surface area contributed by atoms with E-state index in [0.29, 0.717) is 0 Å². The SMILES string of the molecule is CCN(CC)CC.F.[HH].[HH].[HH]. The fourth-order valence-electron chi connectivity index (χ4n) is 0.671. The number of rotatable bonds is 3. The van der Waals surface area contributed by atoms with Gasteiger partial charge in [0.1, 0.15) is 0 Å². The minimum Gasteiger partial charge on any atom is -0.304 e. The average Bonchev–Trinajstić information content (AvgIpc) is 1.72. The molecule has 0 unspecified atom stereocenters. The van der Waals surface area contributed by atoms with Crippen LogP contribution in [0.2, 0.25) is 0 Å². The maximum atomic E-state index is 2.38. The molecule has 0 bridgehead atoms. The van der Waals surface area contributed by atoms with E-state index in [-0.39, 0.29) is 8.98 Å². The highest BCUT2D eigenvalue weighted by Crippen LogP contribution is 1.81. The van der Waals surface area contributed by atoms with Crippen LogP contribution >= 0.6 is 0 Å². The summed E-state index contributed by atoms with van der Waals surface area (Å²) in [5, 5.41) is 0. The summed E-state index contributed by atoms with van der Waals surface area (Å²) >= 11 is 0. The molecule has 58 valence electrons. The molecule has 0 N–H and O–H groups in total. The smallest absolute Gasteiger partial charge is 0 e. The van der Waals surface area contributed by atoms with Crippen molar-refractivity contribution < 1.29 is 8.98 Å². The minimum atomic E-state index is 0. The molecule has 0 radical (unpaired) electrons. The fraction of sp³-hybridized carbons (Fsp3) is 1.00. The molecule has 0 aliphatic heterocycles. The zero-order valence-corrected chi connectivity index (χ0v) is 5.98. The van der Waals surface area contributed by atoms with Crippen molar-refractivity contribution in [1.29, 1.82) is 0 Å². The first-order valence-corrected chi connectivity index (χ1v) is 3.07. The molecule has 2 heteroatoms. The van der Waals surface area contributed by atoms with Crippen molar-refractivity contribution in [3.05, 3.63) is 0 Å². The van der Waals surface area contributed by atoms with Gasteiger partial charge >= 0.3 is 0 Å². The zero-order chi connectivity index (χ0) is 5.70. The summed E-state index contributed by atoms with van der Waals surface area (Å²) in [7, 11) is 0. The topological polar surface area (TPSA) is 3.24 Å². The summed E-state index contributed by atoms with van der Waals surface area (Å²) in [6.45, 7) is 10.1. The van der Waals surface area contributed by atoms with Gasteiger partial charge in [-0.15, -0.1) is 0 Å². The van der Waals surface area contributed by atoms with Crippen LogP contribution in [0.15, 0.2) is 0 Å². The third-order valence-electron chi connectivity index (χ3n) is 1.34. The van der Waals surface area contributed by atoms with Crippen LogP contribution in [0, 0.1) is 0 Å². The first-order chi connectivity index (χ1) is 3.35. The molecule has 1 nitrogen and oxygen atoms in total. The maximum Gasteiger partial charge on any atom is 0 e. The molecule has 0 heterocycles. The van der Waals surface area contributed by atoms with Gasteiger partial charge in [0.15, 0.2) is 0 Å². The lowest BCUT2D eigenvalue weighted by Crippen LogP contribution is -2.21. The lowest BCUT2D eigenvalue weighted by atomic mass is 10.5. The van der Waals surface area contributed by atoms with Crippen LogP contribution in [0.1, 0.15) is 25.1 Å². The summed E-state index contributed by atoms with van der Waals surface area (Å²) in [5.74, 6) is 0. The van der Waals surface area contributed by atoms with E-state index in [0.717, 1.165) is 0 Å². The summed E-state index contributed by atoms with van der Waals surface area (Å²) < 4.78 is 0. The van der Waals surface area contributed by atoms with Gasteiger partial charge < -0.3 is 4.90 Å². The monoisotopic (exact) mass is 127 g/mol. The standard InChI is InChI=1S/C6H15N.FH.3H2/c1-4-7(5-2)6-3;;;;/h4-6H2,1-3H3;4*1H. The molecule has 0 rings (SSSR count). The van der Waals surface area contributed by atoms with Gasteiger partial charge in [-0.05, 0) is 19.6 Å². The second-order valence-electron chi connectivity index (χ2n) is 1.62. The molecule has 0 spiro atoms. The fourth-order valence-corrected chi connectivity index (χ4v) is 0.671. The van der Waals surface area contributed by atoms with Gasteiger partial charge in [0.05, 0.1) is 0 Å². The third-order valence-corrected chi connectivity index (χ3v) is 1.34. The molecule has 0 amide bonds. The molecule has 0 atom stereocenters. The Bertz CT molecular complexity index is 39.3. The highest BCUT2D eigenvalue weighted by Gasteiger charge is 1.89. The minimum absolute atomic E-state index is 0. The van der Waals surface area contributed by atoms with Gasteiger partial charge in [-0.2, -0.15) is 0 Å². The van der Waals surface area contributed by atoms with Gasteiger partial charge in [-0.3, -0.25) is 4.70 Å². The Hall–Kier alpha value is -0.110. The molecule has 0 saturated heterocycles. The molecular weight excluding hydrogens is 105 g/mol. The lowest BCUT2D eigenvalue weighted by molar-refractivity contribution is 0.321. The largest absolute Gasteiger partial charge is 0.304 e. The highest BCUT2D eigenvalue weighted by molar-refractivity contribution is 4.43. The predicted octanol–water partition coefficient (Wildman–Crippen LogP) is 2.24. The van der Waals surface area contributed by atoms with Crippen molar-refractivity contribution in [3.8, 4) is 0 Å². The van der Waals surface area contributed by atoms with E-state index in [1.807, 2.05) is 0 Å². The Balaban J connectivity index is -0.0000000300. The molecule has 0 aromatic heterocycles. The van der Waals surface area contributed by atoms with Gasteiger partial charge in [0.25, 0.3) is 0 Å². The molecule has 0 saturated carbocycles. The van der Waals surface area contributed by atoms with Crippen molar-refractivity contribution in [2.75, 3.05) is 19.6 Å². The van der Waals surface area contributed by atoms with Crippen molar-refractivity contribution >= 4 is 0 Å².